The molecule has 3 rings (SSSR count). The fourth-order valence-corrected chi connectivity index (χ4v) is 5.49. The molecule has 0 spiro atoms. The molecule has 0 aliphatic heterocycles. The van der Waals surface area contributed by atoms with E-state index in [0.29, 0.717) is 27.8 Å². The number of aryl methyl sites for hydroxylation is 1. The molecule has 7 nitrogen and oxygen atoms in total. The van der Waals surface area contributed by atoms with Gasteiger partial charge in [0.05, 0.1) is 22.0 Å². The molecule has 39 heavy (non-hydrogen) atoms. The second-order valence-electron chi connectivity index (χ2n) is 9.07. The molecule has 0 bridgehead atoms. The van der Waals surface area contributed by atoms with Crippen LogP contribution in [0.3, 0.4) is 0 Å². The zero-order chi connectivity index (χ0) is 28.7. The number of hydrogen-bond donors (Lipinski definition) is 1. The molecule has 0 radical (unpaired) electrons. The Bertz CT molecular complexity index is 1440. The Balaban J connectivity index is 2.07. The summed E-state index contributed by atoms with van der Waals surface area (Å²) in [6, 6.07) is 18.4. The van der Waals surface area contributed by atoms with Gasteiger partial charge in [0.25, 0.3) is 0 Å². The van der Waals surface area contributed by atoms with Gasteiger partial charge in [0.1, 0.15) is 12.6 Å². The van der Waals surface area contributed by atoms with Crippen LogP contribution >= 0.6 is 39.1 Å². The average molecular weight is 655 g/mol. The van der Waals surface area contributed by atoms with Crippen LogP contribution in [0.4, 0.5) is 5.69 Å². The number of carbonyl (C=O) groups is 2. The fraction of sp³-hybridized carbons (Fsp3) is 0.286. The monoisotopic (exact) mass is 653 g/mol. The first kappa shape index (κ1) is 30.9. The summed E-state index contributed by atoms with van der Waals surface area (Å²) in [5, 5.41) is 3.49. The van der Waals surface area contributed by atoms with Crippen molar-refractivity contribution in [2.24, 2.45) is 0 Å². The molecule has 1 N–H and O–H groups in total. The number of hydrogen-bond acceptors (Lipinski definition) is 4. The van der Waals surface area contributed by atoms with Gasteiger partial charge in [-0.3, -0.25) is 13.9 Å². The molecule has 3 aromatic rings. The fourth-order valence-electron chi connectivity index (χ4n) is 4.08. The van der Waals surface area contributed by atoms with E-state index in [9.17, 15) is 18.0 Å². The Kier molecular flexibility index (Phi) is 10.8. The molecule has 0 fully saturated rings. The summed E-state index contributed by atoms with van der Waals surface area (Å²) in [6.07, 6.45) is 1.28. The maximum absolute atomic E-state index is 14.0. The van der Waals surface area contributed by atoms with Crippen molar-refractivity contribution < 1.29 is 18.0 Å². The van der Waals surface area contributed by atoms with Crippen LogP contribution < -0.4 is 9.62 Å². The SMILES string of the molecule is CCNC(=O)[C@@H](Cc1ccccc1)N(Cc1ccc(Cl)c(Cl)c1)C(=O)CN(c1ccc(Br)c(C)c1)S(C)(=O)=O. The van der Waals surface area contributed by atoms with Crippen molar-refractivity contribution in [1.82, 2.24) is 10.2 Å². The summed E-state index contributed by atoms with van der Waals surface area (Å²) in [5.74, 6) is -0.889. The molecule has 0 saturated carbocycles. The lowest BCUT2D eigenvalue weighted by Crippen LogP contribution is -2.53. The lowest BCUT2D eigenvalue weighted by molar-refractivity contribution is -0.140. The first-order valence-electron chi connectivity index (χ1n) is 12.2. The first-order chi connectivity index (χ1) is 18.4. The van der Waals surface area contributed by atoms with Crippen LogP contribution in [0, 0.1) is 6.92 Å². The topological polar surface area (TPSA) is 86.8 Å². The highest BCUT2D eigenvalue weighted by Gasteiger charge is 2.33. The van der Waals surface area contributed by atoms with Crippen molar-refractivity contribution >= 4 is 66.7 Å². The highest BCUT2D eigenvalue weighted by atomic mass is 79.9. The third-order valence-electron chi connectivity index (χ3n) is 6.07. The summed E-state index contributed by atoms with van der Waals surface area (Å²) in [7, 11) is -3.84. The molecule has 11 heteroatoms. The van der Waals surface area contributed by atoms with E-state index < -0.39 is 28.5 Å². The summed E-state index contributed by atoms with van der Waals surface area (Å²) < 4.78 is 27.6. The number of amides is 2. The van der Waals surface area contributed by atoms with Gasteiger partial charge in [0, 0.05) is 24.0 Å². The Morgan fingerprint density at radius 2 is 1.67 bits per heavy atom. The Hall–Kier alpha value is -2.59. The van der Waals surface area contributed by atoms with Crippen LogP contribution in [0.5, 0.6) is 0 Å². The Morgan fingerprint density at radius 3 is 2.26 bits per heavy atom. The van der Waals surface area contributed by atoms with Crippen LogP contribution in [-0.2, 0) is 32.6 Å². The maximum Gasteiger partial charge on any atom is 0.244 e. The zero-order valence-electron chi connectivity index (χ0n) is 21.8. The van der Waals surface area contributed by atoms with Gasteiger partial charge in [0.15, 0.2) is 0 Å². The van der Waals surface area contributed by atoms with Crippen LogP contribution in [0.15, 0.2) is 71.2 Å². The number of nitrogens with one attached hydrogen (secondary N) is 1. The molecule has 1 atom stereocenters. The number of benzene rings is 3. The maximum atomic E-state index is 14.0. The lowest BCUT2D eigenvalue weighted by atomic mass is 10.0. The van der Waals surface area contributed by atoms with Crippen molar-refractivity contribution in [3.05, 3.63) is 97.9 Å². The second kappa shape index (κ2) is 13.7. The highest BCUT2D eigenvalue weighted by molar-refractivity contribution is 9.10. The molecule has 208 valence electrons. The molecule has 0 aromatic heterocycles. The average Bonchev–Trinajstić information content (AvgIpc) is 2.88. The van der Waals surface area contributed by atoms with Crippen molar-refractivity contribution in [3.8, 4) is 0 Å². The molecule has 0 aliphatic rings. The predicted molar refractivity (Wildman–Crippen MR) is 161 cm³/mol. The highest BCUT2D eigenvalue weighted by Crippen LogP contribution is 2.27. The summed E-state index contributed by atoms with van der Waals surface area (Å²) in [5.41, 5.74) is 2.65. The van der Waals surface area contributed by atoms with Crippen LogP contribution in [0.1, 0.15) is 23.6 Å². The third-order valence-corrected chi connectivity index (χ3v) is 8.84. The number of carbonyl (C=O) groups excluding carboxylic acids is 2. The van der Waals surface area contributed by atoms with Gasteiger partial charge in [-0.1, -0.05) is 75.5 Å². The molecule has 2 amide bonds. The van der Waals surface area contributed by atoms with E-state index in [-0.39, 0.29) is 18.9 Å². The first-order valence-corrected chi connectivity index (χ1v) is 15.6. The van der Waals surface area contributed by atoms with Gasteiger partial charge < -0.3 is 10.2 Å². The second-order valence-corrected chi connectivity index (χ2v) is 12.6. The Morgan fingerprint density at radius 1 is 0.974 bits per heavy atom. The summed E-state index contributed by atoms with van der Waals surface area (Å²) >= 11 is 15.8. The number of sulfonamides is 1. The van der Waals surface area contributed by atoms with Gasteiger partial charge in [-0.15, -0.1) is 0 Å². The predicted octanol–water partition coefficient (Wildman–Crippen LogP) is 5.61. The number of nitrogens with zero attached hydrogens (tertiary/aromatic N) is 2. The van der Waals surface area contributed by atoms with Crippen molar-refractivity contribution in [2.45, 2.75) is 32.9 Å². The molecular weight excluding hydrogens is 625 g/mol. The van der Waals surface area contributed by atoms with Gasteiger partial charge in [-0.05, 0) is 60.9 Å². The smallest absolute Gasteiger partial charge is 0.244 e. The van der Waals surface area contributed by atoms with E-state index in [1.54, 1.807) is 43.3 Å². The molecule has 0 saturated heterocycles. The van der Waals surface area contributed by atoms with Gasteiger partial charge >= 0.3 is 0 Å². The molecule has 3 aromatic carbocycles. The van der Waals surface area contributed by atoms with Gasteiger partial charge in [0.2, 0.25) is 21.8 Å². The standard InChI is InChI=1S/C28H30BrCl2N3O4S/c1-4-32-28(36)26(16-20-8-6-5-7-9-20)33(17-21-10-13-24(30)25(31)15-21)27(35)18-34(39(3,37)38)22-11-12-23(29)19(2)14-22/h5-15,26H,4,16-18H2,1-3H3,(H,32,36)/t26-/m1/s1. The van der Waals surface area contributed by atoms with Crippen molar-refractivity contribution in [3.63, 3.8) is 0 Å². The third kappa shape index (κ3) is 8.45. The largest absolute Gasteiger partial charge is 0.355 e. The molecular formula is C28H30BrCl2N3O4S. The van der Waals surface area contributed by atoms with Gasteiger partial charge in [-0.2, -0.15) is 0 Å². The number of likely N-dealkylation sites (N-methyl/N-ethyl adjacent to an activating group) is 1. The normalized spacial score (nSPS) is 12.1. The minimum Gasteiger partial charge on any atom is -0.355 e. The quantitative estimate of drug-likeness (QED) is 0.291. The summed E-state index contributed by atoms with van der Waals surface area (Å²) in [6.45, 7) is 3.51. The van der Waals surface area contributed by atoms with E-state index in [4.69, 9.17) is 23.2 Å². The number of anilines is 1. The number of rotatable bonds is 11. The van der Waals surface area contributed by atoms with Crippen LogP contribution in [0.2, 0.25) is 10.0 Å². The van der Waals surface area contributed by atoms with Crippen LogP contribution in [-0.4, -0.2) is 50.5 Å². The van der Waals surface area contributed by atoms with Crippen molar-refractivity contribution in [2.75, 3.05) is 23.7 Å². The minimum atomic E-state index is -3.84. The molecule has 0 unspecified atom stereocenters. The van der Waals surface area contributed by atoms with E-state index in [2.05, 4.69) is 21.2 Å². The molecule has 0 aliphatic carbocycles. The minimum absolute atomic E-state index is 0.0152. The van der Waals surface area contributed by atoms with Crippen LogP contribution in [0.25, 0.3) is 0 Å². The lowest BCUT2D eigenvalue weighted by Gasteiger charge is -2.33. The molecule has 0 heterocycles. The zero-order valence-corrected chi connectivity index (χ0v) is 25.7. The van der Waals surface area contributed by atoms with E-state index in [0.717, 1.165) is 26.2 Å². The van der Waals surface area contributed by atoms with Gasteiger partial charge in [-0.25, -0.2) is 8.42 Å². The summed E-state index contributed by atoms with van der Waals surface area (Å²) in [4.78, 5) is 28.7. The Labute approximate surface area is 248 Å². The van der Waals surface area contributed by atoms with E-state index in [1.165, 1.54) is 4.90 Å². The van der Waals surface area contributed by atoms with E-state index >= 15 is 0 Å². The van der Waals surface area contributed by atoms with Crippen molar-refractivity contribution in [1.29, 1.82) is 0 Å². The van der Waals surface area contributed by atoms with E-state index in [1.807, 2.05) is 37.3 Å². The number of halogens is 3.